The maximum Gasteiger partial charge on any atom is 0.323 e. The molecule has 1 aromatic heterocycles. The number of anilines is 1. The predicted molar refractivity (Wildman–Crippen MR) is 118 cm³/mol. The molecule has 0 spiro atoms. The van der Waals surface area contributed by atoms with Crippen molar-refractivity contribution in [3.05, 3.63) is 105 Å². The number of rotatable bonds is 5. The number of carbonyl (C=O) groups is 2. The number of aromatic nitrogens is 2. The smallest absolute Gasteiger partial charge is 0.322 e. The molecule has 0 saturated heterocycles. The highest BCUT2D eigenvalue weighted by Crippen LogP contribution is 2.19. The Bertz CT molecular complexity index is 1350. The normalized spacial score (nSPS) is 11.1. The summed E-state index contributed by atoms with van der Waals surface area (Å²) in [7, 11) is 0. The summed E-state index contributed by atoms with van der Waals surface area (Å²) in [5.74, 6) is -0.518. The van der Waals surface area contributed by atoms with Gasteiger partial charge in [0.15, 0.2) is 5.78 Å². The molecule has 0 aliphatic rings. The summed E-state index contributed by atoms with van der Waals surface area (Å²) in [5.41, 5.74) is 3.06. The van der Waals surface area contributed by atoms with Crippen LogP contribution >= 0.6 is 11.6 Å². The van der Waals surface area contributed by atoms with Gasteiger partial charge in [0.25, 0.3) is 5.91 Å². The van der Waals surface area contributed by atoms with Crippen LogP contribution in [0.25, 0.3) is 17.1 Å². The number of imidazole rings is 1. The lowest BCUT2D eigenvalue weighted by Gasteiger charge is -2.07. The van der Waals surface area contributed by atoms with Crippen LogP contribution in [0.1, 0.15) is 26.3 Å². The Kier molecular flexibility index (Phi) is 5.32. The van der Waals surface area contributed by atoms with Crippen LogP contribution in [-0.2, 0) is 0 Å². The third-order valence-electron chi connectivity index (χ3n) is 4.49. The molecule has 3 aromatic carbocycles. The Morgan fingerprint density at radius 3 is 2.53 bits per heavy atom. The van der Waals surface area contributed by atoms with Crippen molar-refractivity contribution >= 4 is 46.1 Å². The number of benzene rings is 3. The summed E-state index contributed by atoms with van der Waals surface area (Å²) in [5, 5.41) is 3.17. The number of fused-ring (bicyclic) bond motifs is 1. The molecule has 30 heavy (non-hydrogen) atoms. The van der Waals surface area contributed by atoms with Crippen molar-refractivity contribution in [3.8, 4) is 0 Å². The molecule has 0 bridgehead atoms. The van der Waals surface area contributed by atoms with Gasteiger partial charge in [-0.3, -0.25) is 9.59 Å². The second-order valence-electron chi connectivity index (χ2n) is 6.60. The Hall–Kier alpha value is -3.90. The van der Waals surface area contributed by atoms with E-state index in [9.17, 15) is 14.4 Å². The number of hydrogen-bond acceptors (Lipinski definition) is 3. The van der Waals surface area contributed by atoms with Crippen LogP contribution in [0.5, 0.6) is 0 Å². The Balaban J connectivity index is 1.49. The molecule has 4 rings (SSSR count). The Labute approximate surface area is 176 Å². The number of halogens is 1. The van der Waals surface area contributed by atoms with E-state index in [1.165, 1.54) is 6.08 Å². The van der Waals surface area contributed by atoms with Crippen molar-refractivity contribution in [2.75, 3.05) is 5.32 Å². The molecule has 0 aliphatic carbocycles. The fraction of sp³-hybridized carbons (Fsp3) is 0. The van der Waals surface area contributed by atoms with Gasteiger partial charge >= 0.3 is 5.69 Å². The monoisotopic (exact) mass is 417 g/mol. The summed E-state index contributed by atoms with van der Waals surface area (Å²) in [6.07, 6.45) is 3.11. The van der Waals surface area contributed by atoms with Crippen LogP contribution in [0.3, 0.4) is 0 Å². The number of hydrogen-bond donors (Lipinski definition) is 3. The third-order valence-corrected chi connectivity index (χ3v) is 4.82. The standard InChI is InChI=1S/C23H16ClN3O3/c24-18-7-2-1-6-17(18)22(29)25-16-5-3-4-14(12-16)8-11-21(28)15-9-10-19-20(13-15)27-23(30)26-19/h1-13H,(H,25,29)(H2,26,27,30). The largest absolute Gasteiger partial charge is 0.323 e. The molecule has 0 atom stereocenters. The molecule has 0 fully saturated rings. The van der Waals surface area contributed by atoms with Gasteiger partial charge in [-0.05, 0) is 54.1 Å². The van der Waals surface area contributed by atoms with E-state index >= 15 is 0 Å². The minimum atomic E-state index is -0.319. The summed E-state index contributed by atoms with van der Waals surface area (Å²) >= 11 is 6.07. The van der Waals surface area contributed by atoms with Gasteiger partial charge < -0.3 is 15.3 Å². The van der Waals surface area contributed by atoms with Crippen molar-refractivity contribution in [2.24, 2.45) is 0 Å². The van der Waals surface area contributed by atoms with E-state index in [-0.39, 0.29) is 17.4 Å². The van der Waals surface area contributed by atoms with E-state index in [4.69, 9.17) is 11.6 Å². The number of allylic oxidation sites excluding steroid dienone is 1. The fourth-order valence-electron chi connectivity index (χ4n) is 3.02. The van der Waals surface area contributed by atoms with Gasteiger partial charge in [-0.25, -0.2) is 4.79 Å². The van der Waals surface area contributed by atoms with Gasteiger partial charge in [0, 0.05) is 11.3 Å². The second kappa shape index (κ2) is 8.23. The molecule has 1 amide bonds. The SMILES string of the molecule is O=C(C=Cc1cccc(NC(=O)c2ccccc2Cl)c1)c1ccc2[nH]c(=O)[nH]c2c1. The maximum atomic E-state index is 12.5. The van der Waals surface area contributed by atoms with E-state index in [1.807, 2.05) is 6.07 Å². The molecule has 3 N–H and O–H groups in total. The Morgan fingerprint density at radius 2 is 1.70 bits per heavy atom. The highest BCUT2D eigenvalue weighted by Gasteiger charge is 2.10. The molecule has 7 heteroatoms. The van der Waals surface area contributed by atoms with E-state index < -0.39 is 0 Å². The average Bonchev–Trinajstić information content (AvgIpc) is 3.11. The van der Waals surface area contributed by atoms with E-state index in [0.717, 1.165) is 5.56 Å². The second-order valence-corrected chi connectivity index (χ2v) is 7.00. The average molecular weight is 418 g/mol. The molecule has 4 aromatic rings. The van der Waals surface area contributed by atoms with Gasteiger partial charge in [0.2, 0.25) is 0 Å². The van der Waals surface area contributed by atoms with E-state index in [2.05, 4.69) is 15.3 Å². The molecule has 0 aliphatic heterocycles. The fourth-order valence-corrected chi connectivity index (χ4v) is 3.24. The van der Waals surface area contributed by atoms with Crippen LogP contribution < -0.4 is 11.0 Å². The van der Waals surface area contributed by atoms with Crippen LogP contribution in [-0.4, -0.2) is 21.7 Å². The first-order chi connectivity index (χ1) is 14.5. The number of aromatic amines is 2. The molecular formula is C23H16ClN3O3. The minimum Gasteiger partial charge on any atom is -0.322 e. The number of carbonyl (C=O) groups excluding carboxylic acids is 2. The quantitative estimate of drug-likeness (QED) is 0.325. The zero-order valence-electron chi connectivity index (χ0n) is 15.6. The van der Waals surface area contributed by atoms with Gasteiger partial charge in [-0.1, -0.05) is 41.9 Å². The van der Waals surface area contributed by atoms with Crippen molar-refractivity contribution < 1.29 is 9.59 Å². The summed E-state index contributed by atoms with van der Waals surface area (Å²) in [4.78, 5) is 41.5. The number of amides is 1. The van der Waals surface area contributed by atoms with Gasteiger partial charge in [0.1, 0.15) is 0 Å². The topological polar surface area (TPSA) is 94.8 Å². The van der Waals surface area contributed by atoms with E-state index in [1.54, 1.807) is 66.7 Å². The molecule has 0 unspecified atom stereocenters. The summed E-state index contributed by atoms with van der Waals surface area (Å²) in [6.45, 7) is 0. The number of nitrogens with one attached hydrogen (secondary N) is 3. The molecular weight excluding hydrogens is 402 g/mol. The first-order valence-electron chi connectivity index (χ1n) is 9.10. The van der Waals surface area contributed by atoms with Crippen molar-refractivity contribution in [1.82, 2.24) is 9.97 Å². The molecule has 0 radical (unpaired) electrons. The van der Waals surface area contributed by atoms with Crippen molar-refractivity contribution in [1.29, 1.82) is 0 Å². The first-order valence-corrected chi connectivity index (χ1v) is 9.48. The van der Waals surface area contributed by atoms with Gasteiger partial charge in [-0.2, -0.15) is 0 Å². The zero-order chi connectivity index (χ0) is 21.1. The van der Waals surface area contributed by atoms with Crippen molar-refractivity contribution in [2.45, 2.75) is 0 Å². The lowest BCUT2D eigenvalue weighted by Crippen LogP contribution is -2.12. The molecule has 148 valence electrons. The van der Waals surface area contributed by atoms with Gasteiger partial charge in [0.05, 0.1) is 21.6 Å². The third kappa shape index (κ3) is 4.24. The zero-order valence-corrected chi connectivity index (χ0v) is 16.4. The highest BCUT2D eigenvalue weighted by molar-refractivity contribution is 6.34. The van der Waals surface area contributed by atoms with Gasteiger partial charge in [-0.15, -0.1) is 0 Å². The summed E-state index contributed by atoms with van der Waals surface area (Å²) < 4.78 is 0. The van der Waals surface area contributed by atoms with Crippen molar-refractivity contribution in [3.63, 3.8) is 0 Å². The molecule has 0 saturated carbocycles. The summed E-state index contributed by atoms with van der Waals surface area (Å²) in [6, 6.07) is 18.9. The lowest BCUT2D eigenvalue weighted by molar-refractivity contribution is 0.102. The predicted octanol–water partition coefficient (Wildman–Crippen LogP) is 4.66. The Morgan fingerprint density at radius 1 is 0.900 bits per heavy atom. The minimum absolute atomic E-state index is 0.204. The number of H-pyrrole nitrogens is 2. The first kappa shape index (κ1) is 19.4. The molecule has 6 nitrogen and oxygen atoms in total. The number of ketones is 1. The van der Waals surface area contributed by atoms with Crippen LogP contribution in [0.15, 0.2) is 77.6 Å². The van der Waals surface area contributed by atoms with E-state index in [0.29, 0.717) is 32.9 Å². The molecule has 1 heterocycles. The van der Waals surface area contributed by atoms with Crippen LogP contribution in [0.2, 0.25) is 5.02 Å². The van der Waals surface area contributed by atoms with Crippen LogP contribution in [0.4, 0.5) is 5.69 Å². The van der Waals surface area contributed by atoms with Crippen LogP contribution in [0, 0.1) is 0 Å². The maximum absolute atomic E-state index is 12.5. The highest BCUT2D eigenvalue weighted by atomic mass is 35.5. The lowest BCUT2D eigenvalue weighted by atomic mass is 10.1.